The number of sulfonamides is 1. The predicted molar refractivity (Wildman–Crippen MR) is 91.3 cm³/mol. The van der Waals surface area contributed by atoms with Gasteiger partial charge in [-0.3, -0.25) is 0 Å². The Labute approximate surface area is 143 Å². The summed E-state index contributed by atoms with van der Waals surface area (Å²) in [5, 5.41) is 3.29. The average Bonchev–Trinajstić information content (AvgIpc) is 2.45. The summed E-state index contributed by atoms with van der Waals surface area (Å²) in [5.74, 6) is -0.616. The van der Waals surface area contributed by atoms with Crippen LogP contribution in [0.2, 0.25) is 0 Å². The first kappa shape index (κ1) is 19.9. The lowest BCUT2D eigenvalue weighted by Gasteiger charge is -2.28. The van der Waals surface area contributed by atoms with Crippen LogP contribution in [-0.2, 0) is 20.5 Å². The van der Waals surface area contributed by atoms with E-state index < -0.39 is 16.0 Å². The van der Waals surface area contributed by atoms with E-state index >= 15 is 0 Å². The van der Waals surface area contributed by atoms with Gasteiger partial charge in [-0.2, -0.15) is 0 Å². The Morgan fingerprint density at radius 1 is 1.43 bits per heavy atom. The number of esters is 1. The van der Waals surface area contributed by atoms with Crippen LogP contribution in [0.3, 0.4) is 0 Å². The van der Waals surface area contributed by atoms with Gasteiger partial charge in [0.2, 0.25) is 10.0 Å². The molecule has 2 atom stereocenters. The molecule has 1 aliphatic heterocycles. The molecule has 2 rings (SSSR count). The Morgan fingerprint density at radius 3 is 2.83 bits per heavy atom. The number of methoxy groups -OCH3 is 1. The number of carbonyl (C=O) groups is 1. The predicted octanol–water partition coefficient (Wildman–Crippen LogP) is 1.45. The zero-order chi connectivity index (χ0) is 16.2. The van der Waals surface area contributed by atoms with Crippen molar-refractivity contribution < 1.29 is 17.9 Å². The van der Waals surface area contributed by atoms with Gasteiger partial charge in [0.25, 0.3) is 0 Å². The molecule has 0 spiro atoms. The van der Waals surface area contributed by atoms with Crippen LogP contribution in [0.5, 0.6) is 0 Å². The Morgan fingerprint density at radius 2 is 2.17 bits per heavy atom. The number of ether oxygens (including phenoxy) is 1. The fourth-order valence-corrected chi connectivity index (χ4v) is 4.08. The third kappa shape index (κ3) is 6.10. The topological polar surface area (TPSA) is 84.5 Å². The van der Waals surface area contributed by atoms with Crippen molar-refractivity contribution in [1.82, 2.24) is 10.0 Å². The molecule has 1 aliphatic rings. The molecule has 0 aromatic heterocycles. The second-order valence-electron chi connectivity index (χ2n) is 5.65. The summed E-state index contributed by atoms with van der Waals surface area (Å²) in [4.78, 5) is 11.5. The van der Waals surface area contributed by atoms with E-state index in [4.69, 9.17) is 0 Å². The molecule has 1 heterocycles. The van der Waals surface area contributed by atoms with E-state index in [9.17, 15) is 13.2 Å². The lowest BCUT2D eigenvalue weighted by Crippen LogP contribution is -2.46. The van der Waals surface area contributed by atoms with Gasteiger partial charge in [-0.25, -0.2) is 17.9 Å². The van der Waals surface area contributed by atoms with Gasteiger partial charge in [0.15, 0.2) is 0 Å². The molecule has 0 radical (unpaired) electrons. The van der Waals surface area contributed by atoms with Crippen molar-refractivity contribution in [3.05, 3.63) is 35.4 Å². The zero-order valence-electron chi connectivity index (χ0n) is 13.2. The van der Waals surface area contributed by atoms with Gasteiger partial charge in [0, 0.05) is 12.1 Å². The number of hydrogen-bond acceptors (Lipinski definition) is 5. The Kier molecular flexibility index (Phi) is 7.47. The normalized spacial score (nSPS) is 21.3. The Balaban J connectivity index is 0.00000264. The molecule has 130 valence electrons. The molecule has 1 aromatic carbocycles. The first-order valence-corrected chi connectivity index (χ1v) is 8.95. The summed E-state index contributed by atoms with van der Waals surface area (Å²) < 4.78 is 32.0. The second kappa shape index (κ2) is 8.63. The first-order chi connectivity index (χ1) is 10.4. The van der Waals surface area contributed by atoms with Crippen LogP contribution in [0, 0.1) is 0 Å². The van der Waals surface area contributed by atoms with Crippen molar-refractivity contribution in [2.45, 2.75) is 37.6 Å². The van der Waals surface area contributed by atoms with Crippen LogP contribution >= 0.6 is 12.4 Å². The van der Waals surface area contributed by atoms with E-state index in [0.717, 1.165) is 19.4 Å². The smallest absolute Gasteiger partial charge is 0.337 e. The summed E-state index contributed by atoms with van der Waals surface area (Å²) in [6.45, 7) is 2.85. The van der Waals surface area contributed by atoms with Gasteiger partial charge >= 0.3 is 5.97 Å². The largest absolute Gasteiger partial charge is 0.465 e. The third-order valence-corrected chi connectivity index (χ3v) is 5.08. The van der Waals surface area contributed by atoms with Crippen molar-refractivity contribution in [3.63, 3.8) is 0 Å². The van der Waals surface area contributed by atoms with Crippen LogP contribution in [0.25, 0.3) is 0 Å². The number of benzene rings is 1. The molecule has 0 amide bonds. The number of carbonyl (C=O) groups excluding carboxylic acids is 1. The van der Waals surface area contributed by atoms with Gasteiger partial charge in [0.05, 0.1) is 18.4 Å². The first-order valence-electron chi connectivity index (χ1n) is 7.30. The maximum atomic E-state index is 12.3. The second-order valence-corrected chi connectivity index (χ2v) is 7.40. The molecule has 0 saturated carbocycles. The highest BCUT2D eigenvalue weighted by Crippen LogP contribution is 2.13. The molecule has 1 fully saturated rings. The lowest BCUT2D eigenvalue weighted by atomic mass is 10.0. The van der Waals surface area contributed by atoms with E-state index in [1.807, 2.05) is 6.92 Å². The number of rotatable bonds is 5. The number of hydrogen-bond donors (Lipinski definition) is 2. The molecule has 2 unspecified atom stereocenters. The van der Waals surface area contributed by atoms with Crippen LogP contribution in [-0.4, -0.2) is 40.1 Å². The molecular formula is C15H23ClN2O4S. The van der Waals surface area contributed by atoms with Crippen molar-refractivity contribution in [1.29, 1.82) is 0 Å². The van der Waals surface area contributed by atoms with Gasteiger partial charge < -0.3 is 10.1 Å². The van der Waals surface area contributed by atoms with E-state index in [0.29, 0.717) is 17.2 Å². The van der Waals surface area contributed by atoms with Crippen molar-refractivity contribution >= 4 is 28.4 Å². The summed E-state index contributed by atoms with van der Waals surface area (Å²) >= 11 is 0. The van der Waals surface area contributed by atoms with Gasteiger partial charge in [-0.1, -0.05) is 12.1 Å². The molecule has 2 N–H and O–H groups in total. The van der Waals surface area contributed by atoms with Crippen LogP contribution in [0.1, 0.15) is 35.7 Å². The minimum absolute atomic E-state index is 0. The Bertz CT molecular complexity index is 636. The van der Waals surface area contributed by atoms with Gasteiger partial charge in [-0.05, 0) is 44.0 Å². The fourth-order valence-electron chi connectivity index (χ4n) is 2.66. The molecule has 23 heavy (non-hydrogen) atoms. The maximum Gasteiger partial charge on any atom is 0.337 e. The number of nitrogens with one attached hydrogen (secondary N) is 2. The highest BCUT2D eigenvalue weighted by atomic mass is 35.5. The van der Waals surface area contributed by atoms with E-state index in [-0.39, 0.29) is 24.2 Å². The SMILES string of the molecule is COC(=O)c1cccc(CS(=O)(=O)NC2CCNC(C)C2)c1.Cl. The zero-order valence-corrected chi connectivity index (χ0v) is 14.9. The summed E-state index contributed by atoms with van der Waals surface area (Å²) in [6, 6.07) is 6.77. The highest BCUT2D eigenvalue weighted by Gasteiger charge is 2.23. The lowest BCUT2D eigenvalue weighted by molar-refractivity contribution is 0.0600. The third-order valence-electron chi connectivity index (χ3n) is 3.67. The fraction of sp³-hybridized carbons (Fsp3) is 0.533. The Hall–Kier alpha value is -1.15. The molecule has 0 aliphatic carbocycles. The van der Waals surface area contributed by atoms with E-state index in [1.54, 1.807) is 24.3 Å². The molecule has 6 nitrogen and oxygen atoms in total. The van der Waals surface area contributed by atoms with Crippen molar-refractivity contribution in [2.75, 3.05) is 13.7 Å². The number of piperidine rings is 1. The quantitative estimate of drug-likeness (QED) is 0.774. The summed E-state index contributed by atoms with van der Waals surface area (Å²) in [6.07, 6.45) is 1.56. The summed E-state index contributed by atoms with van der Waals surface area (Å²) in [5.41, 5.74) is 0.920. The standard InChI is InChI=1S/C15H22N2O4S.ClH/c1-11-8-14(6-7-16-11)17-22(19,20)10-12-4-3-5-13(9-12)15(18)21-2;/h3-5,9,11,14,16-17H,6-8,10H2,1-2H3;1H. The van der Waals surface area contributed by atoms with Gasteiger partial charge in [0.1, 0.15) is 0 Å². The highest BCUT2D eigenvalue weighted by molar-refractivity contribution is 7.88. The number of halogens is 1. The van der Waals surface area contributed by atoms with Crippen LogP contribution < -0.4 is 10.0 Å². The van der Waals surface area contributed by atoms with Crippen molar-refractivity contribution in [3.8, 4) is 0 Å². The molecule has 1 aromatic rings. The molecular weight excluding hydrogens is 340 g/mol. The molecule has 0 bridgehead atoms. The van der Waals surface area contributed by atoms with E-state index in [2.05, 4.69) is 14.8 Å². The minimum atomic E-state index is -3.44. The minimum Gasteiger partial charge on any atom is -0.465 e. The average molecular weight is 363 g/mol. The van der Waals surface area contributed by atoms with Gasteiger partial charge in [-0.15, -0.1) is 12.4 Å². The maximum absolute atomic E-state index is 12.3. The van der Waals surface area contributed by atoms with Crippen molar-refractivity contribution in [2.24, 2.45) is 0 Å². The molecule has 8 heteroatoms. The van der Waals surface area contributed by atoms with Crippen LogP contribution in [0.15, 0.2) is 24.3 Å². The monoisotopic (exact) mass is 362 g/mol. The molecule has 1 saturated heterocycles. The summed E-state index contributed by atoms with van der Waals surface area (Å²) in [7, 11) is -2.14. The van der Waals surface area contributed by atoms with Crippen LogP contribution in [0.4, 0.5) is 0 Å². The van der Waals surface area contributed by atoms with E-state index in [1.165, 1.54) is 7.11 Å².